The lowest BCUT2D eigenvalue weighted by molar-refractivity contribution is 0.102. The van der Waals surface area contributed by atoms with E-state index in [0.29, 0.717) is 32.4 Å². The van der Waals surface area contributed by atoms with Gasteiger partial charge < -0.3 is 10.2 Å². The van der Waals surface area contributed by atoms with Crippen LogP contribution in [0, 0.1) is 12.3 Å². The first-order chi connectivity index (χ1) is 13.4. The van der Waals surface area contributed by atoms with Crippen molar-refractivity contribution >= 4 is 39.8 Å². The van der Waals surface area contributed by atoms with Gasteiger partial charge >= 0.3 is 0 Å². The highest BCUT2D eigenvalue weighted by atomic mass is 35.5. The second kappa shape index (κ2) is 7.48. The van der Waals surface area contributed by atoms with E-state index in [4.69, 9.17) is 11.6 Å². The Bertz CT molecular complexity index is 949. The zero-order valence-electron chi connectivity index (χ0n) is 16.1. The monoisotopic (exact) mass is 417 g/mol. The quantitative estimate of drug-likeness (QED) is 0.800. The van der Waals surface area contributed by atoms with Gasteiger partial charge in [-0.15, -0.1) is 0 Å². The number of anilines is 2. The lowest BCUT2D eigenvalue weighted by Crippen LogP contribution is -2.36. The van der Waals surface area contributed by atoms with Crippen molar-refractivity contribution in [1.29, 1.82) is 0 Å². The van der Waals surface area contributed by atoms with Crippen LogP contribution in [0.2, 0.25) is 5.02 Å². The van der Waals surface area contributed by atoms with Crippen molar-refractivity contribution in [3.05, 3.63) is 46.6 Å². The minimum atomic E-state index is -1.11. The van der Waals surface area contributed by atoms with Crippen LogP contribution in [0.15, 0.2) is 35.2 Å². The number of piperidine rings is 1. The Labute approximate surface area is 172 Å². The average Bonchev–Trinajstić information content (AvgIpc) is 3.43. The number of carbonyl (C=O) groups is 1. The molecule has 148 valence electrons. The third-order valence-electron chi connectivity index (χ3n) is 5.88. The molecule has 2 fully saturated rings. The summed E-state index contributed by atoms with van der Waals surface area (Å²) in [6, 6.07) is 8.79. The Hall–Kier alpha value is -1.92. The normalized spacial score (nSPS) is 18.8. The zero-order valence-corrected chi connectivity index (χ0v) is 17.7. The summed E-state index contributed by atoms with van der Waals surface area (Å²) in [5.41, 5.74) is 2.36. The Morgan fingerprint density at radius 2 is 1.93 bits per heavy atom. The van der Waals surface area contributed by atoms with E-state index in [1.165, 1.54) is 12.8 Å². The number of hydrogen-bond acceptors (Lipinski definition) is 4. The molecule has 0 radical (unpaired) electrons. The van der Waals surface area contributed by atoms with E-state index in [2.05, 4.69) is 15.2 Å². The van der Waals surface area contributed by atoms with Crippen LogP contribution < -0.4 is 10.2 Å². The number of aromatic nitrogens is 1. The van der Waals surface area contributed by atoms with Crippen molar-refractivity contribution in [1.82, 2.24) is 4.98 Å². The van der Waals surface area contributed by atoms with E-state index in [1.54, 1.807) is 36.6 Å². The lowest BCUT2D eigenvalue weighted by atomic mass is 9.93. The SMILES string of the molecule is Cc1nc(N2CCC3(CC2)CC3)c(C(=O)Nc2cccc(S(C)=O)c2)cc1Cl. The van der Waals surface area contributed by atoms with Gasteiger partial charge in [0.05, 0.1) is 16.3 Å². The summed E-state index contributed by atoms with van der Waals surface area (Å²) in [6.45, 7) is 3.69. The molecule has 1 spiro atoms. The fourth-order valence-corrected chi connectivity index (χ4v) is 4.51. The number of nitrogens with one attached hydrogen (secondary N) is 1. The van der Waals surface area contributed by atoms with Crippen LogP contribution in [0.3, 0.4) is 0 Å². The zero-order chi connectivity index (χ0) is 19.9. The second-order valence-electron chi connectivity index (χ2n) is 7.85. The van der Waals surface area contributed by atoms with E-state index in [0.717, 1.165) is 31.6 Å². The van der Waals surface area contributed by atoms with Gasteiger partial charge in [0.1, 0.15) is 5.82 Å². The molecule has 0 bridgehead atoms. The van der Waals surface area contributed by atoms with Crippen molar-refractivity contribution < 1.29 is 9.00 Å². The summed E-state index contributed by atoms with van der Waals surface area (Å²) in [5, 5.41) is 3.39. The molecule has 1 N–H and O–H groups in total. The van der Waals surface area contributed by atoms with E-state index in [9.17, 15) is 9.00 Å². The fourth-order valence-electron chi connectivity index (χ4n) is 3.80. The second-order valence-corrected chi connectivity index (χ2v) is 9.64. The smallest absolute Gasteiger partial charge is 0.259 e. The maximum atomic E-state index is 13.0. The van der Waals surface area contributed by atoms with Gasteiger partial charge in [-0.1, -0.05) is 17.7 Å². The molecule has 2 aliphatic rings. The predicted molar refractivity (Wildman–Crippen MR) is 114 cm³/mol. The maximum Gasteiger partial charge on any atom is 0.259 e. The van der Waals surface area contributed by atoms with E-state index >= 15 is 0 Å². The van der Waals surface area contributed by atoms with Crippen molar-refractivity contribution in [2.75, 3.05) is 29.6 Å². The molecule has 1 aliphatic heterocycles. The van der Waals surface area contributed by atoms with Gasteiger partial charge in [-0.25, -0.2) is 4.98 Å². The summed E-state index contributed by atoms with van der Waals surface area (Å²) in [7, 11) is -1.11. The van der Waals surface area contributed by atoms with E-state index in [-0.39, 0.29) is 5.91 Å². The molecule has 5 nitrogen and oxygen atoms in total. The molecule has 2 aromatic rings. The number of amides is 1. The summed E-state index contributed by atoms with van der Waals surface area (Å²) >= 11 is 6.29. The van der Waals surface area contributed by atoms with Crippen LogP contribution in [-0.2, 0) is 10.8 Å². The van der Waals surface area contributed by atoms with Crippen LogP contribution in [0.25, 0.3) is 0 Å². The first-order valence-electron chi connectivity index (χ1n) is 9.54. The number of hydrogen-bond donors (Lipinski definition) is 1. The molecule has 1 aliphatic carbocycles. The van der Waals surface area contributed by atoms with Crippen LogP contribution in [0.5, 0.6) is 0 Å². The molecular weight excluding hydrogens is 394 g/mol. The number of aryl methyl sites for hydroxylation is 1. The highest BCUT2D eigenvalue weighted by Crippen LogP contribution is 2.54. The summed E-state index contributed by atoms with van der Waals surface area (Å²) in [5.74, 6) is 0.445. The number of carbonyl (C=O) groups excluding carboxylic acids is 1. The molecular formula is C21H24ClN3O2S. The standard InChI is InChI=1S/C21H24ClN3O2S/c1-14-18(22)13-17(19(23-14)25-10-8-21(6-7-21)9-11-25)20(26)24-15-4-3-5-16(12-15)28(2)27/h3-5,12-13H,6-11H2,1-2H3,(H,24,26). The molecule has 1 saturated heterocycles. The number of nitrogens with zero attached hydrogens (tertiary/aromatic N) is 2. The first-order valence-corrected chi connectivity index (χ1v) is 11.5. The number of benzene rings is 1. The minimum absolute atomic E-state index is 0.254. The third-order valence-corrected chi connectivity index (χ3v) is 7.18. The molecule has 28 heavy (non-hydrogen) atoms. The highest BCUT2D eigenvalue weighted by Gasteiger charge is 2.44. The fraction of sp³-hybridized carbons (Fsp3) is 0.429. The Balaban J connectivity index is 1.61. The largest absolute Gasteiger partial charge is 0.356 e. The molecule has 7 heteroatoms. The Kier molecular flexibility index (Phi) is 5.19. The summed E-state index contributed by atoms with van der Waals surface area (Å²) in [6.07, 6.45) is 6.59. The van der Waals surface area contributed by atoms with Crippen LogP contribution in [0.1, 0.15) is 41.7 Å². The number of rotatable bonds is 4. The lowest BCUT2D eigenvalue weighted by Gasteiger charge is -2.34. The number of pyridine rings is 1. The van der Waals surface area contributed by atoms with Gasteiger partial charge in [0.2, 0.25) is 0 Å². The maximum absolute atomic E-state index is 13.0. The van der Waals surface area contributed by atoms with Gasteiger partial charge in [0, 0.05) is 40.7 Å². The average molecular weight is 418 g/mol. The molecule has 2 heterocycles. The van der Waals surface area contributed by atoms with Gasteiger partial charge in [-0.3, -0.25) is 9.00 Å². The molecule has 1 aromatic heterocycles. The van der Waals surface area contributed by atoms with Crippen molar-refractivity contribution in [2.45, 2.75) is 37.5 Å². The number of halogens is 1. The van der Waals surface area contributed by atoms with Gasteiger partial charge in [0.25, 0.3) is 5.91 Å². The summed E-state index contributed by atoms with van der Waals surface area (Å²) in [4.78, 5) is 20.6. The first kappa shape index (κ1) is 19.4. The Morgan fingerprint density at radius 3 is 2.57 bits per heavy atom. The molecule has 1 saturated carbocycles. The minimum Gasteiger partial charge on any atom is -0.356 e. The van der Waals surface area contributed by atoms with Crippen molar-refractivity contribution in [3.8, 4) is 0 Å². The molecule has 1 amide bonds. The van der Waals surface area contributed by atoms with Crippen LogP contribution in [-0.4, -0.2) is 34.4 Å². The van der Waals surface area contributed by atoms with Gasteiger partial charge in [-0.2, -0.15) is 0 Å². The highest BCUT2D eigenvalue weighted by molar-refractivity contribution is 7.84. The Morgan fingerprint density at radius 1 is 1.21 bits per heavy atom. The topological polar surface area (TPSA) is 62.3 Å². The van der Waals surface area contributed by atoms with Crippen LogP contribution >= 0.6 is 11.6 Å². The molecule has 1 unspecified atom stereocenters. The molecule has 1 aromatic carbocycles. The summed E-state index contributed by atoms with van der Waals surface area (Å²) < 4.78 is 11.7. The van der Waals surface area contributed by atoms with Gasteiger partial charge in [-0.05, 0) is 62.3 Å². The van der Waals surface area contributed by atoms with Crippen molar-refractivity contribution in [2.24, 2.45) is 5.41 Å². The molecule has 1 atom stereocenters. The molecule has 4 rings (SSSR count). The van der Waals surface area contributed by atoms with Crippen molar-refractivity contribution in [3.63, 3.8) is 0 Å². The van der Waals surface area contributed by atoms with E-state index in [1.807, 2.05) is 6.92 Å². The van der Waals surface area contributed by atoms with Crippen LogP contribution in [0.4, 0.5) is 11.5 Å². The predicted octanol–water partition coefficient (Wildman–Crippen LogP) is 4.41. The third kappa shape index (κ3) is 3.94. The van der Waals surface area contributed by atoms with Gasteiger partial charge in [0.15, 0.2) is 0 Å². The van der Waals surface area contributed by atoms with E-state index < -0.39 is 10.8 Å².